The van der Waals surface area contributed by atoms with Crippen molar-refractivity contribution in [1.82, 2.24) is 10.2 Å². The molecule has 0 aliphatic heterocycles. The normalized spacial score (nSPS) is 12.2. The van der Waals surface area contributed by atoms with Crippen LogP contribution in [0.15, 0.2) is 53.0 Å². The number of nitrogens with zero attached hydrogens (tertiary/aromatic N) is 2. The van der Waals surface area contributed by atoms with Gasteiger partial charge in [-0.3, -0.25) is 13.9 Å². The van der Waals surface area contributed by atoms with Gasteiger partial charge in [0, 0.05) is 17.6 Å². The summed E-state index contributed by atoms with van der Waals surface area (Å²) in [5.41, 5.74) is 2.00. The molecule has 0 aliphatic rings. The van der Waals surface area contributed by atoms with Crippen LogP contribution in [-0.2, 0) is 26.2 Å². The number of sulfonamides is 1. The van der Waals surface area contributed by atoms with E-state index >= 15 is 0 Å². The predicted molar refractivity (Wildman–Crippen MR) is 131 cm³/mol. The van der Waals surface area contributed by atoms with E-state index in [0.717, 1.165) is 32.6 Å². The molecule has 174 valence electrons. The molecular formula is C23H30BrN3O4S. The predicted octanol–water partition coefficient (Wildman–Crippen LogP) is 3.47. The van der Waals surface area contributed by atoms with Crippen molar-refractivity contribution < 1.29 is 18.0 Å². The minimum atomic E-state index is -3.73. The number of hydrogen-bond donors (Lipinski definition) is 1. The Morgan fingerprint density at radius 2 is 1.81 bits per heavy atom. The van der Waals surface area contributed by atoms with Crippen LogP contribution in [0.25, 0.3) is 0 Å². The SMILES string of the molecule is CCCNC(=O)C(C)N(Cc1cccc(Br)c1)C(=O)CN(c1ccccc1C)S(C)(=O)=O. The lowest BCUT2D eigenvalue weighted by atomic mass is 10.1. The molecule has 1 N–H and O–H groups in total. The highest BCUT2D eigenvalue weighted by molar-refractivity contribution is 9.10. The van der Waals surface area contributed by atoms with Gasteiger partial charge in [0.1, 0.15) is 12.6 Å². The molecule has 0 spiro atoms. The molecule has 2 aromatic rings. The molecule has 0 heterocycles. The lowest BCUT2D eigenvalue weighted by Crippen LogP contribution is -2.51. The Bertz CT molecular complexity index is 1060. The number of hydrogen-bond acceptors (Lipinski definition) is 4. The zero-order valence-corrected chi connectivity index (χ0v) is 21.2. The number of aryl methyl sites for hydroxylation is 1. The second-order valence-electron chi connectivity index (χ2n) is 7.67. The van der Waals surface area contributed by atoms with Crippen molar-refractivity contribution in [3.05, 3.63) is 64.1 Å². The highest BCUT2D eigenvalue weighted by Crippen LogP contribution is 2.23. The van der Waals surface area contributed by atoms with Crippen LogP contribution in [0, 0.1) is 6.92 Å². The molecule has 1 unspecified atom stereocenters. The maximum atomic E-state index is 13.4. The van der Waals surface area contributed by atoms with Crippen molar-refractivity contribution >= 4 is 43.5 Å². The van der Waals surface area contributed by atoms with Gasteiger partial charge in [0.15, 0.2) is 0 Å². The van der Waals surface area contributed by atoms with Gasteiger partial charge < -0.3 is 10.2 Å². The zero-order valence-electron chi connectivity index (χ0n) is 18.8. The first kappa shape index (κ1) is 25.9. The Morgan fingerprint density at radius 1 is 1.12 bits per heavy atom. The number of rotatable bonds is 10. The third-order valence-electron chi connectivity index (χ3n) is 5.02. The molecule has 0 fully saturated rings. The highest BCUT2D eigenvalue weighted by Gasteiger charge is 2.30. The van der Waals surface area contributed by atoms with E-state index in [1.807, 2.05) is 31.2 Å². The highest BCUT2D eigenvalue weighted by atomic mass is 79.9. The smallest absolute Gasteiger partial charge is 0.244 e. The van der Waals surface area contributed by atoms with Crippen molar-refractivity contribution in [2.75, 3.05) is 23.7 Å². The third kappa shape index (κ3) is 7.06. The largest absolute Gasteiger partial charge is 0.354 e. The summed E-state index contributed by atoms with van der Waals surface area (Å²) in [4.78, 5) is 27.5. The molecule has 1 atom stereocenters. The number of carbonyl (C=O) groups excluding carboxylic acids is 2. The third-order valence-corrected chi connectivity index (χ3v) is 6.64. The topological polar surface area (TPSA) is 86.8 Å². The number of nitrogens with one attached hydrogen (secondary N) is 1. The lowest BCUT2D eigenvalue weighted by Gasteiger charge is -2.32. The van der Waals surface area contributed by atoms with Crippen LogP contribution < -0.4 is 9.62 Å². The number of anilines is 1. The fourth-order valence-corrected chi connectivity index (χ4v) is 4.60. The average molecular weight is 524 g/mol. The summed E-state index contributed by atoms with van der Waals surface area (Å²) in [5.74, 6) is -0.741. The molecule has 0 aliphatic carbocycles. The van der Waals surface area contributed by atoms with Gasteiger partial charge >= 0.3 is 0 Å². The van der Waals surface area contributed by atoms with E-state index in [2.05, 4.69) is 21.2 Å². The summed E-state index contributed by atoms with van der Waals surface area (Å²) in [5, 5.41) is 2.82. The van der Waals surface area contributed by atoms with Crippen LogP contribution in [0.2, 0.25) is 0 Å². The van der Waals surface area contributed by atoms with Crippen molar-refractivity contribution in [1.29, 1.82) is 0 Å². The van der Waals surface area contributed by atoms with Crippen LogP contribution in [0.3, 0.4) is 0 Å². The van der Waals surface area contributed by atoms with Crippen molar-refractivity contribution in [2.24, 2.45) is 0 Å². The number of amides is 2. The number of carbonyl (C=O) groups is 2. The minimum Gasteiger partial charge on any atom is -0.354 e. The second-order valence-corrected chi connectivity index (χ2v) is 10.5. The Kier molecular flexibility index (Phi) is 9.27. The van der Waals surface area contributed by atoms with E-state index in [9.17, 15) is 18.0 Å². The van der Waals surface area contributed by atoms with Crippen LogP contribution in [0.1, 0.15) is 31.4 Å². The first-order valence-corrected chi connectivity index (χ1v) is 13.0. The molecule has 0 saturated heterocycles. The first-order chi connectivity index (χ1) is 15.0. The Morgan fingerprint density at radius 3 is 2.41 bits per heavy atom. The number of halogens is 1. The Balaban J connectivity index is 2.38. The first-order valence-electron chi connectivity index (χ1n) is 10.4. The second kappa shape index (κ2) is 11.5. The fraction of sp³-hybridized carbons (Fsp3) is 0.391. The Labute approximate surface area is 199 Å². The van der Waals surface area contributed by atoms with Crippen molar-refractivity contribution in [3.8, 4) is 0 Å². The van der Waals surface area contributed by atoms with Crippen LogP contribution in [-0.4, -0.2) is 50.5 Å². The molecule has 2 aromatic carbocycles. The summed E-state index contributed by atoms with van der Waals surface area (Å²) in [6, 6.07) is 13.7. The van der Waals surface area contributed by atoms with Crippen LogP contribution >= 0.6 is 15.9 Å². The van der Waals surface area contributed by atoms with Gasteiger partial charge in [-0.25, -0.2) is 8.42 Å². The van der Waals surface area contributed by atoms with Gasteiger partial charge in [0.25, 0.3) is 0 Å². The zero-order chi connectivity index (χ0) is 23.9. The maximum Gasteiger partial charge on any atom is 0.244 e. The molecule has 32 heavy (non-hydrogen) atoms. The lowest BCUT2D eigenvalue weighted by molar-refractivity contribution is -0.139. The summed E-state index contributed by atoms with van der Waals surface area (Å²) < 4.78 is 27.1. The van der Waals surface area contributed by atoms with E-state index in [0.29, 0.717) is 12.2 Å². The van der Waals surface area contributed by atoms with E-state index in [1.165, 1.54) is 4.90 Å². The summed E-state index contributed by atoms with van der Waals surface area (Å²) in [6.45, 7) is 5.66. The standard InChI is InChI=1S/C23H30BrN3O4S/c1-5-13-25-23(29)18(3)26(15-19-10-8-11-20(24)14-19)22(28)16-27(32(4,30)31)21-12-7-6-9-17(21)2/h6-12,14,18H,5,13,15-16H2,1-4H3,(H,25,29). The molecule has 0 radical (unpaired) electrons. The van der Waals surface area contributed by atoms with Gasteiger partial charge in [0.05, 0.1) is 11.9 Å². The van der Waals surface area contributed by atoms with E-state index in [4.69, 9.17) is 0 Å². The molecule has 2 amide bonds. The molecule has 7 nitrogen and oxygen atoms in total. The van der Waals surface area contributed by atoms with Crippen LogP contribution in [0.5, 0.6) is 0 Å². The molecular weight excluding hydrogens is 494 g/mol. The molecule has 9 heteroatoms. The molecule has 0 aromatic heterocycles. The van der Waals surface area contributed by atoms with Gasteiger partial charge in [-0.1, -0.05) is 53.2 Å². The maximum absolute atomic E-state index is 13.4. The molecule has 0 saturated carbocycles. The van der Waals surface area contributed by atoms with Gasteiger partial charge in [-0.15, -0.1) is 0 Å². The van der Waals surface area contributed by atoms with Crippen LogP contribution in [0.4, 0.5) is 5.69 Å². The van der Waals surface area contributed by atoms with Crippen molar-refractivity contribution in [3.63, 3.8) is 0 Å². The van der Waals surface area contributed by atoms with E-state index < -0.39 is 28.5 Å². The quantitative estimate of drug-likeness (QED) is 0.516. The minimum absolute atomic E-state index is 0.171. The van der Waals surface area contributed by atoms with Gasteiger partial charge in [-0.05, 0) is 49.6 Å². The summed E-state index contributed by atoms with van der Waals surface area (Å²) >= 11 is 3.42. The average Bonchev–Trinajstić information content (AvgIpc) is 2.73. The number of para-hydroxylation sites is 1. The van der Waals surface area contributed by atoms with E-state index in [-0.39, 0.29) is 12.5 Å². The van der Waals surface area contributed by atoms with Gasteiger partial charge in [0.2, 0.25) is 21.8 Å². The Hall–Kier alpha value is -2.39. The summed E-state index contributed by atoms with van der Waals surface area (Å²) in [7, 11) is -3.73. The fourth-order valence-electron chi connectivity index (χ4n) is 3.25. The monoisotopic (exact) mass is 523 g/mol. The van der Waals surface area contributed by atoms with Gasteiger partial charge in [-0.2, -0.15) is 0 Å². The number of benzene rings is 2. The molecule has 2 rings (SSSR count). The van der Waals surface area contributed by atoms with E-state index in [1.54, 1.807) is 38.1 Å². The van der Waals surface area contributed by atoms with Crippen molar-refractivity contribution in [2.45, 2.75) is 39.8 Å². The summed E-state index contributed by atoms with van der Waals surface area (Å²) in [6.07, 6.45) is 1.84. The molecule has 0 bridgehead atoms.